The van der Waals surface area contributed by atoms with E-state index in [9.17, 15) is 4.79 Å². The Morgan fingerprint density at radius 3 is 2.95 bits per heavy atom. The molecular weight excluding hydrogens is 280 g/mol. The molecule has 1 amide bonds. The monoisotopic (exact) mass is 298 g/mol. The van der Waals surface area contributed by atoms with Crippen LogP contribution in [-0.4, -0.2) is 41.7 Å². The Balaban J connectivity index is 1.88. The van der Waals surface area contributed by atoms with Crippen LogP contribution in [0.15, 0.2) is 12.3 Å². The van der Waals surface area contributed by atoms with Crippen molar-refractivity contribution in [2.45, 2.75) is 25.8 Å². The molecular formula is C13H19ClN4O2. The van der Waals surface area contributed by atoms with Crippen LogP contribution in [0.4, 0.5) is 16.2 Å². The molecule has 2 heterocycles. The van der Waals surface area contributed by atoms with Gasteiger partial charge in [-0.3, -0.25) is 0 Å². The highest BCUT2D eigenvalue weighted by Crippen LogP contribution is 2.26. The van der Waals surface area contributed by atoms with E-state index in [1.165, 1.54) is 0 Å². The molecule has 7 heteroatoms. The number of anilines is 2. The lowest BCUT2D eigenvalue weighted by Gasteiger charge is -2.32. The van der Waals surface area contributed by atoms with Crippen LogP contribution in [0.3, 0.4) is 0 Å². The van der Waals surface area contributed by atoms with Gasteiger partial charge in [-0.2, -0.15) is 0 Å². The van der Waals surface area contributed by atoms with Gasteiger partial charge in [0.15, 0.2) is 5.15 Å². The van der Waals surface area contributed by atoms with Gasteiger partial charge in [-0.15, -0.1) is 0 Å². The lowest BCUT2D eigenvalue weighted by atomic mass is 10.1. The number of nitrogen functional groups attached to an aromatic ring is 1. The molecule has 0 saturated carbocycles. The summed E-state index contributed by atoms with van der Waals surface area (Å²) in [5.41, 5.74) is 7.12. The minimum atomic E-state index is -0.239. The molecule has 1 aliphatic rings. The number of ether oxygens (including phenoxy) is 1. The van der Waals surface area contributed by atoms with E-state index in [1.807, 2.05) is 6.92 Å². The third-order valence-corrected chi connectivity index (χ3v) is 3.62. The molecule has 0 spiro atoms. The van der Waals surface area contributed by atoms with Crippen LogP contribution in [0.2, 0.25) is 5.15 Å². The summed E-state index contributed by atoms with van der Waals surface area (Å²) >= 11 is 5.89. The Hall–Kier alpha value is -1.69. The number of nitrogens with two attached hydrogens (primary N) is 1. The molecule has 0 bridgehead atoms. The maximum absolute atomic E-state index is 11.6. The van der Waals surface area contributed by atoms with Crippen molar-refractivity contribution in [1.29, 1.82) is 0 Å². The first-order chi connectivity index (χ1) is 9.61. The highest BCUT2D eigenvalue weighted by atomic mass is 35.5. The fourth-order valence-electron chi connectivity index (χ4n) is 2.21. The number of likely N-dealkylation sites (tertiary alicyclic amines) is 1. The molecule has 1 aliphatic heterocycles. The summed E-state index contributed by atoms with van der Waals surface area (Å²) < 4.78 is 4.99. The van der Waals surface area contributed by atoms with Crippen LogP contribution < -0.4 is 11.1 Å². The van der Waals surface area contributed by atoms with Crippen LogP contribution in [0.25, 0.3) is 0 Å². The van der Waals surface area contributed by atoms with E-state index >= 15 is 0 Å². The second-order valence-corrected chi connectivity index (χ2v) is 5.03. The number of hydrogen-bond donors (Lipinski definition) is 2. The summed E-state index contributed by atoms with van der Waals surface area (Å²) in [4.78, 5) is 17.2. The van der Waals surface area contributed by atoms with E-state index in [0.29, 0.717) is 30.5 Å². The number of halogens is 1. The van der Waals surface area contributed by atoms with Gasteiger partial charge in [0, 0.05) is 25.3 Å². The predicted octanol–water partition coefficient (Wildman–Crippen LogP) is 2.35. The normalized spacial score (nSPS) is 16.0. The molecule has 1 aromatic heterocycles. The number of piperidine rings is 1. The van der Waals surface area contributed by atoms with Gasteiger partial charge in [0.2, 0.25) is 0 Å². The van der Waals surface area contributed by atoms with E-state index in [-0.39, 0.29) is 12.1 Å². The fourth-order valence-corrected chi connectivity index (χ4v) is 2.37. The summed E-state index contributed by atoms with van der Waals surface area (Å²) in [6.07, 6.45) is 3.07. The lowest BCUT2D eigenvalue weighted by molar-refractivity contribution is 0.0983. The second-order valence-electron chi connectivity index (χ2n) is 4.67. The topological polar surface area (TPSA) is 80.5 Å². The quantitative estimate of drug-likeness (QED) is 0.837. The number of aromatic nitrogens is 1. The molecule has 1 fully saturated rings. The first-order valence-electron chi connectivity index (χ1n) is 6.70. The predicted molar refractivity (Wildman–Crippen MR) is 78.9 cm³/mol. The van der Waals surface area contributed by atoms with Crippen LogP contribution in [-0.2, 0) is 4.74 Å². The van der Waals surface area contributed by atoms with Gasteiger partial charge < -0.3 is 20.7 Å². The van der Waals surface area contributed by atoms with Crippen molar-refractivity contribution in [2.24, 2.45) is 0 Å². The standard InChI is InChI=1S/C13H19ClN4O2/c1-2-20-13(19)18-7-4-9(5-8-18)17-10-3-6-16-12(14)11(10)15/h3,6,9H,2,4-5,7-8,15H2,1H3,(H,16,17). The van der Waals surface area contributed by atoms with Crippen LogP contribution in [0.1, 0.15) is 19.8 Å². The van der Waals surface area contributed by atoms with Crippen molar-refractivity contribution >= 4 is 29.1 Å². The third kappa shape index (κ3) is 3.45. The number of carbonyl (C=O) groups excluding carboxylic acids is 1. The minimum absolute atomic E-state index is 0.239. The van der Waals surface area contributed by atoms with E-state index in [1.54, 1.807) is 17.2 Å². The maximum Gasteiger partial charge on any atom is 0.409 e. The van der Waals surface area contributed by atoms with Crippen LogP contribution in [0.5, 0.6) is 0 Å². The second kappa shape index (κ2) is 6.65. The fraction of sp³-hybridized carbons (Fsp3) is 0.538. The average Bonchev–Trinajstić information content (AvgIpc) is 2.45. The van der Waals surface area contributed by atoms with Gasteiger partial charge in [0.25, 0.3) is 0 Å². The maximum atomic E-state index is 11.6. The highest BCUT2D eigenvalue weighted by Gasteiger charge is 2.23. The van der Waals surface area contributed by atoms with Crippen molar-refractivity contribution in [2.75, 3.05) is 30.7 Å². The zero-order chi connectivity index (χ0) is 14.5. The molecule has 0 unspecified atom stereocenters. The molecule has 110 valence electrons. The Kier molecular flexibility index (Phi) is 4.89. The van der Waals surface area contributed by atoms with E-state index < -0.39 is 0 Å². The third-order valence-electron chi connectivity index (χ3n) is 3.32. The minimum Gasteiger partial charge on any atom is -0.450 e. The number of nitrogens with zero attached hydrogens (tertiary/aromatic N) is 2. The summed E-state index contributed by atoms with van der Waals surface area (Å²) in [6, 6.07) is 2.07. The summed E-state index contributed by atoms with van der Waals surface area (Å²) in [6.45, 7) is 3.57. The summed E-state index contributed by atoms with van der Waals surface area (Å²) in [5, 5.41) is 3.66. The average molecular weight is 299 g/mol. The number of pyridine rings is 1. The van der Waals surface area contributed by atoms with Gasteiger partial charge in [0.05, 0.1) is 18.0 Å². The zero-order valence-electron chi connectivity index (χ0n) is 11.4. The molecule has 0 radical (unpaired) electrons. The number of amides is 1. The van der Waals surface area contributed by atoms with E-state index in [0.717, 1.165) is 18.5 Å². The van der Waals surface area contributed by atoms with Crippen molar-refractivity contribution < 1.29 is 9.53 Å². The largest absolute Gasteiger partial charge is 0.450 e. The molecule has 0 aromatic carbocycles. The van der Waals surface area contributed by atoms with E-state index in [4.69, 9.17) is 22.1 Å². The van der Waals surface area contributed by atoms with Crippen LogP contribution in [0, 0.1) is 0 Å². The van der Waals surface area contributed by atoms with Crippen molar-refractivity contribution in [3.8, 4) is 0 Å². The van der Waals surface area contributed by atoms with Gasteiger partial charge in [-0.25, -0.2) is 9.78 Å². The van der Waals surface area contributed by atoms with Gasteiger partial charge in [-0.1, -0.05) is 11.6 Å². The Bertz CT molecular complexity index is 475. The molecule has 1 saturated heterocycles. The molecule has 3 N–H and O–H groups in total. The van der Waals surface area contributed by atoms with Gasteiger partial charge in [-0.05, 0) is 25.8 Å². The van der Waals surface area contributed by atoms with Crippen molar-refractivity contribution in [3.05, 3.63) is 17.4 Å². The summed E-state index contributed by atoms with van der Waals surface area (Å²) in [7, 11) is 0. The Morgan fingerprint density at radius 2 is 2.30 bits per heavy atom. The lowest BCUT2D eigenvalue weighted by Crippen LogP contribution is -2.42. The van der Waals surface area contributed by atoms with Crippen molar-refractivity contribution in [1.82, 2.24) is 9.88 Å². The van der Waals surface area contributed by atoms with Gasteiger partial charge >= 0.3 is 6.09 Å². The smallest absolute Gasteiger partial charge is 0.409 e. The van der Waals surface area contributed by atoms with Gasteiger partial charge in [0.1, 0.15) is 0 Å². The van der Waals surface area contributed by atoms with Crippen molar-refractivity contribution in [3.63, 3.8) is 0 Å². The number of rotatable bonds is 3. The highest BCUT2D eigenvalue weighted by molar-refractivity contribution is 6.32. The SMILES string of the molecule is CCOC(=O)N1CCC(Nc2ccnc(Cl)c2N)CC1. The first kappa shape index (κ1) is 14.7. The Labute approximate surface area is 123 Å². The Morgan fingerprint density at radius 1 is 1.60 bits per heavy atom. The zero-order valence-corrected chi connectivity index (χ0v) is 12.2. The first-order valence-corrected chi connectivity index (χ1v) is 7.07. The molecule has 20 heavy (non-hydrogen) atoms. The number of carbonyl (C=O) groups is 1. The number of hydrogen-bond acceptors (Lipinski definition) is 5. The van der Waals surface area contributed by atoms with Crippen LogP contribution >= 0.6 is 11.6 Å². The molecule has 1 aromatic rings. The van der Waals surface area contributed by atoms with E-state index in [2.05, 4.69) is 10.3 Å². The molecule has 2 rings (SSSR count). The molecule has 0 aliphatic carbocycles. The molecule has 0 atom stereocenters. The summed E-state index contributed by atoms with van der Waals surface area (Å²) in [5.74, 6) is 0. The number of nitrogens with one attached hydrogen (secondary N) is 1. The molecule has 6 nitrogen and oxygen atoms in total.